The highest BCUT2D eigenvalue weighted by atomic mass is 32.2. The first-order valence-electron chi connectivity index (χ1n) is 8.39. The highest BCUT2D eigenvalue weighted by molar-refractivity contribution is 7.89. The van der Waals surface area contributed by atoms with Crippen molar-refractivity contribution >= 4 is 33.3 Å². The Kier molecular flexibility index (Phi) is 7.13. The van der Waals surface area contributed by atoms with Gasteiger partial charge in [-0.05, 0) is 50.2 Å². The fourth-order valence-electron chi connectivity index (χ4n) is 2.51. The van der Waals surface area contributed by atoms with E-state index in [-0.39, 0.29) is 15.6 Å². The molecule has 0 spiro atoms. The number of thiocarbonyl (C=S) groups is 1. The maximum atomic E-state index is 12.7. The van der Waals surface area contributed by atoms with Crippen LogP contribution < -0.4 is 16.2 Å². The molecular formula is C17H24N4O3S2. The van der Waals surface area contributed by atoms with E-state index < -0.39 is 15.9 Å². The van der Waals surface area contributed by atoms with Gasteiger partial charge in [0.1, 0.15) is 0 Å². The molecule has 0 atom stereocenters. The van der Waals surface area contributed by atoms with Gasteiger partial charge in [0.25, 0.3) is 5.91 Å². The molecular weight excluding hydrogens is 372 g/mol. The van der Waals surface area contributed by atoms with Gasteiger partial charge in [0.15, 0.2) is 5.11 Å². The van der Waals surface area contributed by atoms with Crippen LogP contribution in [0.15, 0.2) is 41.3 Å². The number of hydrazine groups is 1. The standard InChI is InChI=1S/C17H24N4O3S2/c1-13(2)12-18-17(25)20-19-16(22)14-7-6-8-15(11-14)26(23,24)21-9-4-3-5-10-21/h6-8,11H,1,3-5,9-10,12H2,2H3,(H,19,22)(H2,18,20,25). The zero-order valence-corrected chi connectivity index (χ0v) is 16.4. The molecule has 9 heteroatoms. The van der Waals surface area contributed by atoms with Crippen molar-refractivity contribution < 1.29 is 13.2 Å². The molecule has 0 aliphatic carbocycles. The van der Waals surface area contributed by atoms with Gasteiger partial charge in [0.05, 0.1) is 4.90 Å². The Morgan fingerprint density at radius 2 is 1.92 bits per heavy atom. The second-order valence-corrected chi connectivity index (χ2v) is 8.56. The van der Waals surface area contributed by atoms with Crippen molar-refractivity contribution in [3.63, 3.8) is 0 Å². The van der Waals surface area contributed by atoms with Gasteiger partial charge in [-0.25, -0.2) is 8.42 Å². The molecule has 0 radical (unpaired) electrons. The van der Waals surface area contributed by atoms with Crippen molar-refractivity contribution in [3.8, 4) is 0 Å². The summed E-state index contributed by atoms with van der Waals surface area (Å²) < 4.78 is 26.9. The third-order valence-corrected chi connectivity index (χ3v) is 6.03. The first-order chi connectivity index (χ1) is 12.3. The minimum atomic E-state index is -3.58. The molecule has 1 aromatic rings. The quantitative estimate of drug-likeness (QED) is 0.397. The molecule has 1 aliphatic rings. The van der Waals surface area contributed by atoms with E-state index in [0.717, 1.165) is 24.8 Å². The number of nitrogens with one attached hydrogen (secondary N) is 3. The number of piperidine rings is 1. The molecule has 1 aromatic carbocycles. The van der Waals surface area contributed by atoms with Crippen molar-refractivity contribution in [1.29, 1.82) is 0 Å². The number of rotatable bonds is 5. The fraction of sp³-hybridized carbons (Fsp3) is 0.412. The van der Waals surface area contributed by atoms with Crippen LogP contribution in [0.2, 0.25) is 0 Å². The zero-order chi connectivity index (χ0) is 19.2. The molecule has 2 rings (SSSR count). The lowest BCUT2D eigenvalue weighted by Crippen LogP contribution is -2.47. The molecule has 26 heavy (non-hydrogen) atoms. The average molecular weight is 397 g/mol. The number of hydrogen-bond acceptors (Lipinski definition) is 4. The largest absolute Gasteiger partial charge is 0.358 e. The second-order valence-electron chi connectivity index (χ2n) is 6.21. The molecule has 1 heterocycles. The van der Waals surface area contributed by atoms with Crippen LogP contribution >= 0.6 is 12.2 Å². The summed E-state index contributed by atoms with van der Waals surface area (Å²) in [6.45, 7) is 7.12. The smallest absolute Gasteiger partial charge is 0.269 e. The maximum Gasteiger partial charge on any atom is 0.269 e. The Balaban J connectivity index is 2.02. The molecule has 0 saturated carbocycles. The molecule has 142 valence electrons. The second kappa shape index (κ2) is 9.11. The zero-order valence-electron chi connectivity index (χ0n) is 14.7. The summed E-state index contributed by atoms with van der Waals surface area (Å²) in [7, 11) is -3.58. The number of hydrogen-bond donors (Lipinski definition) is 3. The predicted octanol–water partition coefficient (Wildman–Crippen LogP) is 1.55. The third kappa shape index (κ3) is 5.52. The summed E-state index contributed by atoms with van der Waals surface area (Å²) in [6.07, 6.45) is 2.76. The Labute approximate surface area is 159 Å². The van der Waals surface area contributed by atoms with E-state index in [9.17, 15) is 13.2 Å². The third-order valence-electron chi connectivity index (χ3n) is 3.89. The van der Waals surface area contributed by atoms with E-state index in [1.165, 1.54) is 16.4 Å². The van der Waals surface area contributed by atoms with E-state index in [4.69, 9.17) is 12.2 Å². The Bertz CT molecular complexity index is 787. The molecule has 0 bridgehead atoms. The SMILES string of the molecule is C=C(C)CNC(=S)NNC(=O)c1cccc(S(=O)(=O)N2CCCCC2)c1. The number of carbonyl (C=O) groups is 1. The normalized spacial score (nSPS) is 15.1. The lowest BCUT2D eigenvalue weighted by molar-refractivity contribution is 0.0943. The fourth-order valence-corrected chi connectivity index (χ4v) is 4.20. The van der Waals surface area contributed by atoms with Crippen LogP contribution in [0.3, 0.4) is 0 Å². The maximum absolute atomic E-state index is 12.7. The highest BCUT2D eigenvalue weighted by Gasteiger charge is 2.26. The molecule has 7 nitrogen and oxygen atoms in total. The van der Waals surface area contributed by atoms with Crippen LogP contribution in [0.1, 0.15) is 36.5 Å². The van der Waals surface area contributed by atoms with Crippen molar-refractivity contribution in [3.05, 3.63) is 42.0 Å². The van der Waals surface area contributed by atoms with Gasteiger partial charge >= 0.3 is 0 Å². The van der Waals surface area contributed by atoms with Crippen LogP contribution in [-0.2, 0) is 10.0 Å². The molecule has 0 aromatic heterocycles. The van der Waals surface area contributed by atoms with Crippen molar-refractivity contribution in [2.45, 2.75) is 31.1 Å². The minimum Gasteiger partial charge on any atom is -0.358 e. The van der Waals surface area contributed by atoms with Gasteiger partial charge in [0.2, 0.25) is 10.0 Å². The minimum absolute atomic E-state index is 0.120. The first kappa shape index (κ1) is 20.3. The molecule has 1 fully saturated rings. The summed E-state index contributed by atoms with van der Waals surface area (Å²) in [5, 5.41) is 3.12. The number of nitrogens with zero attached hydrogens (tertiary/aromatic N) is 1. The van der Waals surface area contributed by atoms with E-state index in [0.29, 0.717) is 19.6 Å². The van der Waals surface area contributed by atoms with Crippen LogP contribution in [-0.4, -0.2) is 43.4 Å². The number of benzene rings is 1. The summed E-state index contributed by atoms with van der Waals surface area (Å²) in [6, 6.07) is 6.00. The van der Waals surface area contributed by atoms with Gasteiger partial charge in [-0.15, -0.1) is 0 Å². The lowest BCUT2D eigenvalue weighted by Gasteiger charge is -2.26. The van der Waals surface area contributed by atoms with Crippen molar-refractivity contribution in [1.82, 2.24) is 20.5 Å². The topological polar surface area (TPSA) is 90.5 Å². The van der Waals surface area contributed by atoms with Gasteiger partial charge in [-0.3, -0.25) is 15.6 Å². The van der Waals surface area contributed by atoms with E-state index >= 15 is 0 Å². The first-order valence-corrected chi connectivity index (χ1v) is 10.2. The monoisotopic (exact) mass is 396 g/mol. The van der Waals surface area contributed by atoms with Crippen LogP contribution in [0.25, 0.3) is 0 Å². The number of carbonyl (C=O) groups excluding carboxylic acids is 1. The van der Waals surface area contributed by atoms with E-state index in [1.54, 1.807) is 12.1 Å². The molecule has 1 aliphatic heterocycles. The lowest BCUT2D eigenvalue weighted by atomic mass is 10.2. The van der Waals surface area contributed by atoms with Gasteiger partial charge in [-0.2, -0.15) is 4.31 Å². The molecule has 0 unspecified atom stereocenters. The Hall–Kier alpha value is -1.97. The van der Waals surface area contributed by atoms with Gasteiger partial charge in [-0.1, -0.05) is 24.6 Å². The summed E-state index contributed by atoms with van der Waals surface area (Å²) in [4.78, 5) is 12.4. The van der Waals surface area contributed by atoms with Crippen molar-refractivity contribution in [2.24, 2.45) is 0 Å². The summed E-state index contributed by atoms with van der Waals surface area (Å²) in [5.74, 6) is -0.472. The summed E-state index contributed by atoms with van der Waals surface area (Å²) >= 11 is 5.03. The summed E-state index contributed by atoms with van der Waals surface area (Å²) in [5.41, 5.74) is 6.16. The number of amides is 1. The molecule has 1 saturated heterocycles. The van der Waals surface area contributed by atoms with Crippen LogP contribution in [0, 0.1) is 0 Å². The number of sulfonamides is 1. The highest BCUT2D eigenvalue weighted by Crippen LogP contribution is 2.21. The van der Waals surface area contributed by atoms with Crippen LogP contribution in [0.5, 0.6) is 0 Å². The van der Waals surface area contributed by atoms with Gasteiger partial charge in [0, 0.05) is 25.2 Å². The predicted molar refractivity (Wildman–Crippen MR) is 105 cm³/mol. The van der Waals surface area contributed by atoms with E-state index in [2.05, 4.69) is 22.7 Å². The van der Waals surface area contributed by atoms with E-state index in [1.807, 2.05) is 6.92 Å². The molecule has 1 amide bonds. The Morgan fingerprint density at radius 1 is 1.23 bits per heavy atom. The molecule has 3 N–H and O–H groups in total. The van der Waals surface area contributed by atoms with Crippen LogP contribution in [0.4, 0.5) is 0 Å². The Morgan fingerprint density at radius 3 is 2.58 bits per heavy atom. The van der Waals surface area contributed by atoms with Crippen molar-refractivity contribution in [2.75, 3.05) is 19.6 Å². The average Bonchev–Trinajstić information content (AvgIpc) is 2.65. The van der Waals surface area contributed by atoms with Gasteiger partial charge < -0.3 is 5.32 Å².